The zero-order chi connectivity index (χ0) is 14.2. The van der Waals surface area contributed by atoms with Crippen LogP contribution in [0, 0.1) is 0 Å². The van der Waals surface area contributed by atoms with E-state index < -0.39 is 0 Å². The van der Waals surface area contributed by atoms with E-state index in [1.165, 1.54) is 6.42 Å². The molecule has 0 aliphatic carbocycles. The van der Waals surface area contributed by atoms with Gasteiger partial charge in [0.15, 0.2) is 0 Å². The molecule has 1 fully saturated rings. The minimum Gasteiger partial charge on any atom is -0.492 e. The molecule has 0 aromatic heterocycles. The van der Waals surface area contributed by atoms with Crippen molar-refractivity contribution >= 4 is 21.8 Å². The molecule has 5 heteroatoms. The van der Waals surface area contributed by atoms with Gasteiger partial charge in [0.1, 0.15) is 12.4 Å². The first-order valence-corrected chi connectivity index (χ1v) is 7.92. The van der Waals surface area contributed by atoms with Gasteiger partial charge in [-0.1, -0.05) is 22.0 Å². The molecule has 1 amide bonds. The zero-order valence-electron chi connectivity index (χ0n) is 11.6. The average molecular weight is 341 g/mol. The minimum atomic E-state index is 0.201. The van der Waals surface area contributed by atoms with Crippen LogP contribution in [0.5, 0.6) is 5.75 Å². The molecule has 1 aliphatic heterocycles. The lowest BCUT2D eigenvalue weighted by atomic mass is 10.1. The highest BCUT2D eigenvalue weighted by atomic mass is 79.9. The molecule has 1 N–H and O–H groups in total. The third-order valence-corrected chi connectivity index (χ3v) is 3.82. The highest BCUT2D eigenvalue weighted by molar-refractivity contribution is 9.10. The van der Waals surface area contributed by atoms with Crippen LogP contribution >= 0.6 is 15.9 Å². The summed E-state index contributed by atoms with van der Waals surface area (Å²) in [6.45, 7) is 3.46. The first-order chi connectivity index (χ1) is 9.75. The monoisotopic (exact) mass is 340 g/mol. The Morgan fingerprint density at radius 3 is 2.85 bits per heavy atom. The molecule has 1 saturated heterocycles. The Hall–Kier alpha value is -1.07. The summed E-state index contributed by atoms with van der Waals surface area (Å²) >= 11 is 3.40. The van der Waals surface area contributed by atoms with Crippen LogP contribution in [-0.4, -0.2) is 43.6 Å². The Labute approximate surface area is 128 Å². The highest BCUT2D eigenvalue weighted by Crippen LogP contribution is 2.17. The van der Waals surface area contributed by atoms with Crippen LogP contribution in [0.25, 0.3) is 0 Å². The van der Waals surface area contributed by atoms with E-state index in [9.17, 15) is 4.79 Å². The van der Waals surface area contributed by atoms with Crippen LogP contribution in [0.15, 0.2) is 28.7 Å². The van der Waals surface area contributed by atoms with E-state index in [4.69, 9.17) is 4.74 Å². The zero-order valence-corrected chi connectivity index (χ0v) is 13.2. The Morgan fingerprint density at radius 2 is 2.10 bits per heavy atom. The fourth-order valence-corrected chi connectivity index (χ4v) is 2.63. The number of carbonyl (C=O) groups is 1. The van der Waals surface area contributed by atoms with E-state index >= 15 is 0 Å². The fraction of sp³-hybridized carbons (Fsp3) is 0.533. The second-order valence-corrected chi connectivity index (χ2v) is 5.84. The van der Waals surface area contributed by atoms with Gasteiger partial charge < -0.3 is 15.0 Å². The maximum atomic E-state index is 11.9. The molecule has 0 bridgehead atoms. The molecule has 1 aromatic rings. The largest absolute Gasteiger partial charge is 0.492 e. The van der Waals surface area contributed by atoms with Gasteiger partial charge >= 0.3 is 0 Å². The molecule has 0 unspecified atom stereocenters. The van der Waals surface area contributed by atoms with E-state index in [0.717, 1.165) is 36.2 Å². The van der Waals surface area contributed by atoms with Gasteiger partial charge in [0.05, 0.1) is 6.54 Å². The first-order valence-electron chi connectivity index (χ1n) is 7.12. The summed E-state index contributed by atoms with van der Waals surface area (Å²) in [6.07, 6.45) is 3.52. The molecule has 2 rings (SSSR count). The van der Waals surface area contributed by atoms with Crippen molar-refractivity contribution in [2.24, 2.45) is 0 Å². The van der Waals surface area contributed by atoms with Gasteiger partial charge in [0.25, 0.3) is 0 Å². The van der Waals surface area contributed by atoms with E-state index in [1.54, 1.807) is 0 Å². The summed E-state index contributed by atoms with van der Waals surface area (Å²) in [5.41, 5.74) is 0. The lowest BCUT2D eigenvalue weighted by Crippen LogP contribution is -2.41. The van der Waals surface area contributed by atoms with E-state index in [2.05, 4.69) is 21.2 Å². The van der Waals surface area contributed by atoms with Gasteiger partial charge in [-0.25, -0.2) is 0 Å². The van der Waals surface area contributed by atoms with Crippen molar-refractivity contribution in [2.75, 3.05) is 32.8 Å². The number of benzene rings is 1. The second-order valence-electron chi connectivity index (χ2n) is 4.92. The van der Waals surface area contributed by atoms with E-state index in [1.807, 2.05) is 29.2 Å². The molecular weight excluding hydrogens is 320 g/mol. The molecule has 0 radical (unpaired) electrons. The van der Waals surface area contributed by atoms with Gasteiger partial charge in [-0.3, -0.25) is 4.79 Å². The quantitative estimate of drug-likeness (QED) is 0.808. The summed E-state index contributed by atoms with van der Waals surface area (Å²) in [6, 6.07) is 7.75. The number of hydrogen-bond acceptors (Lipinski definition) is 3. The number of nitrogens with zero attached hydrogens (tertiary/aromatic N) is 1. The molecule has 20 heavy (non-hydrogen) atoms. The van der Waals surface area contributed by atoms with Crippen LogP contribution < -0.4 is 10.1 Å². The van der Waals surface area contributed by atoms with Crippen molar-refractivity contribution in [1.82, 2.24) is 10.2 Å². The highest BCUT2D eigenvalue weighted by Gasteiger charge is 2.15. The lowest BCUT2D eigenvalue weighted by Gasteiger charge is -2.26. The smallest absolute Gasteiger partial charge is 0.236 e. The van der Waals surface area contributed by atoms with E-state index in [0.29, 0.717) is 19.7 Å². The predicted octanol–water partition coefficient (Wildman–Crippen LogP) is 2.43. The fourth-order valence-electron chi connectivity index (χ4n) is 2.25. The van der Waals surface area contributed by atoms with Crippen LogP contribution in [0.2, 0.25) is 0 Å². The van der Waals surface area contributed by atoms with E-state index in [-0.39, 0.29) is 5.91 Å². The molecule has 0 atom stereocenters. The third kappa shape index (κ3) is 5.13. The number of ether oxygens (including phenoxy) is 1. The van der Waals surface area contributed by atoms with Crippen LogP contribution in [-0.2, 0) is 4.79 Å². The molecule has 0 saturated carbocycles. The van der Waals surface area contributed by atoms with Crippen LogP contribution in [0.3, 0.4) is 0 Å². The van der Waals surface area contributed by atoms with Crippen molar-refractivity contribution in [2.45, 2.75) is 19.3 Å². The Kier molecular flexibility index (Phi) is 6.33. The summed E-state index contributed by atoms with van der Waals surface area (Å²) in [4.78, 5) is 13.8. The molecule has 1 aliphatic rings. The predicted molar refractivity (Wildman–Crippen MR) is 82.9 cm³/mol. The van der Waals surface area contributed by atoms with Crippen LogP contribution in [0.4, 0.5) is 0 Å². The standard InChI is InChI=1S/C15H21BrN2O2/c16-13-5-4-6-14(11-13)20-10-7-17-12-15(19)18-8-2-1-3-9-18/h4-6,11,17H,1-3,7-10,12H2. The number of hydrogen-bond donors (Lipinski definition) is 1. The molecule has 1 aromatic carbocycles. The van der Waals surface area contributed by atoms with Gasteiger partial charge in [-0.05, 0) is 37.5 Å². The molecular formula is C15H21BrN2O2. The van der Waals surface area contributed by atoms with Crippen molar-refractivity contribution in [3.8, 4) is 5.75 Å². The molecule has 0 spiro atoms. The van der Waals surface area contributed by atoms with Crippen molar-refractivity contribution in [3.05, 3.63) is 28.7 Å². The minimum absolute atomic E-state index is 0.201. The number of likely N-dealkylation sites (tertiary alicyclic amines) is 1. The number of nitrogens with one attached hydrogen (secondary N) is 1. The maximum absolute atomic E-state index is 11.9. The maximum Gasteiger partial charge on any atom is 0.236 e. The summed E-state index contributed by atoms with van der Waals surface area (Å²) in [5.74, 6) is 1.04. The number of halogens is 1. The number of rotatable bonds is 6. The Balaban J connectivity index is 1.58. The van der Waals surface area contributed by atoms with Gasteiger partial charge in [-0.2, -0.15) is 0 Å². The topological polar surface area (TPSA) is 41.6 Å². The number of piperidine rings is 1. The molecule has 110 valence electrons. The van der Waals surface area contributed by atoms with Crippen LogP contribution in [0.1, 0.15) is 19.3 Å². The third-order valence-electron chi connectivity index (χ3n) is 3.33. The average Bonchev–Trinajstić information content (AvgIpc) is 2.48. The Bertz CT molecular complexity index is 434. The summed E-state index contributed by atoms with van der Waals surface area (Å²) in [7, 11) is 0. The lowest BCUT2D eigenvalue weighted by molar-refractivity contribution is -0.131. The molecule has 1 heterocycles. The first kappa shape index (κ1) is 15.3. The second kappa shape index (κ2) is 8.27. The summed E-state index contributed by atoms with van der Waals surface area (Å²) < 4.78 is 6.60. The van der Waals surface area contributed by atoms with Gasteiger partial charge in [0.2, 0.25) is 5.91 Å². The summed E-state index contributed by atoms with van der Waals surface area (Å²) in [5, 5.41) is 3.14. The number of amides is 1. The normalized spacial score (nSPS) is 15.2. The molecule has 4 nitrogen and oxygen atoms in total. The Morgan fingerprint density at radius 1 is 1.30 bits per heavy atom. The number of carbonyl (C=O) groups excluding carboxylic acids is 1. The van der Waals surface area contributed by atoms with Crippen molar-refractivity contribution in [1.29, 1.82) is 0 Å². The van der Waals surface area contributed by atoms with Crippen molar-refractivity contribution < 1.29 is 9.53 Å². The van der Waals surface area contributed by atoms with Crippen molar-refractivity contribution in [3.63, 3.8) is 0 Å². The van der Waals surface area contributed by atoms with Gasteiger partial charge in [0, 0.05) is 24.1 Å². The SMILES string of the molecule is O=C(CNCCOc1cccc(Br)c1)N1CCCCC1. The van der Waals surface area contributed by atoms with Gasteiger partial charge in [-0.15, -0.1) is 0 Å².